The van der Waals surface area contributed by atoms with E-state index in [2.05, 4.69) is 10.8 Å². The number of esters is 1. The van der Waals surface area contributed by atoms with Gasteiger partial charge in [-0.2, -0.15) is 5.48 Å². The third kappa shape index (κ3) is 7.61. The molecule has 0 aliphatic rings. The minimum absolute atomic E-state index is 0.342. The highest BCUT2D eigenvalue weighted by molar-refractivity contribution is 5.75. The second-order valence-electron chi connectivity index (χ2n) is 4.70. The lowest BCUT2D eigenvalue weighted by Crippen LogP contribution is -2.37. The number of ether oxygens (including phenoxy) is 1. The molecule has 0 aromatic heterocycles. The van der Waals surface area contributed by atoms with Crippen LogP contribution < -0.4 is 10.8 Å². The summed E-state index contributed by atoms with van der Waals surface area (Å²) in [6.45, 7) is 0.697. The predicted molar refractivity (Wildman–Crippen MR) is 80.0 cm³/mol. The van der Waals surface area contributed by atoms with Gasteiger partial charge in [0.25, 0.3) is 0 Å². The van der Waals surface area contributed by atoms with E-state index < -0.39 is 18.1 Å². The van der Waals surface area contributed by atoms with Crippen LogP contribution in [0.25, 0.3) is 0 Å². The number of hydrogen-bond acceptors (Lipinski definition) is 5. The van der Waals surface area contributed by atoms with Gasteiger partial charge in [-0.3, -0.25) is 9.63 Å². The van der Waals surface area contributed by atoms with Crippen molar-refractivity contribution in [3.05, 3.63) is 35.9 Å². The second-order valence-corrected chi connectivity index (χ2v) is 4.70. The lowest BCUT2D eigenvalue weighted by atomic mass is 10.1. The van der Waals surface area contributed by atoms with Crippen molar-refractivity contribution in [2.45, 2.75) is 31.9 Å². The number of hydrogen-bond donors (Lipinski definition) is 3. The molecule has 1 aromatic rings. The molecule has 0 aliphatic heterocycles. The Morgan fingerprint density at radius 1 is 1.23 bits per heavy atom. The van der Waals surface area contributed by atoms with Gasteiger partial charge in [0.1, 0.15) is 6.04 Å². The number of carbonyl (C=O) groups excluding carboxylic acids is 1. The number of benzene rings is 1. The topological polar surface area (TPSA) is 96.9 Å². The zero-order valence-electron chi connectivity index (χ0n) is 12.6. The predicted octanol–water partition coefficient (Wildman–Crippen LogP) is 1.69. The van der Waals surface area contributed by atoms with Crippen molar-refractivity contribution in [2.24, 2.45) is 0 Å². The quantitative estimate of drug-likeness (QED) is 0.346. The summed E-state index contributed by atoms with van der Waals surface area (Å²) in [4.78, 5) is 27.3. The van der Waals surface area contributed by atoms with E-state index in [0.29, 0.717) is 32.4 Å². The Hall–Kier alpha value is -2.12. The van der Waals surface area contributed by atoms with E-state index in [4.69, 9.17) is 14.7 Å². The average molecular weight is 310 g/mol. The van der Waals surface area contributed by atoms with Crippen molar-refractivity contribution in [3.63, 3.8) is 0 Å². The first-order valence-electron chi connectivity index (χ1n) is 7.09. The molecule has 22 heavy (non-hydrogen) atoms. The standard InChI is InChI=1S/C15H22N2O5/c1-21-14(18)13(9-5-6-10-16-15(19)20)17-22-11-12-7-3-2-4-8-12/h2-4,7-8,13,16-17H,5-6,9-11H2,1H3,(H,19,20)/t13-/m0/s1. The SMILES string of the molecule is COC(=O)[C@H](CCCCNC(=O)O)NOCc1ccccc1. The van der Waals surface area contributed by atoms with Gasteiger partial charge in [-0.1, -0.05) is 30.3 Å². The Kier molecular flexibility index (Phi) is 8.63. The number of unbranched alkanes of at least 4 members (excludes halogenated alkanes) is 1. The molecular weight excluding hydrogens is 288 g/mol. The van der Waals surface area contributed by atoms with E-state index in [1.165, 1.54) is 7.11 Å². The fraction of sp³-hybridized carbons (Fsp3) is 0.467. The van der Waals surface area contributed by atoms with E-state index in [1.54, 1.807) is 0 Å². The third-order valence-electron chi connectivity index (χ3n) is 2.99. The third-order valence-corrected chi connectivity index (χ3v) is 2.99. The van der Waals surface area contributed by atoms with Crippen molar-refractivity contribution in [1.29, 1.82) is 0 Å². The van der Waals surface area contributed by atoms with Gasteiger partial charge in [-0.25, -0.2) is 4.79 Å². The lowest BCUT2D eigenvalue weighted by Gasteiger charge is -2.16. The van der Waals surface area contributed by atoms with Gasteiger partial charge in [-0.15, -0.1) is 0 Å². The van der Waals surface area contributed by atoms with Gasteiger partial charge in [0.05, 0.1) is 13.7 Å². The zero-order valence-corrected chi connectivity index (χ0v) is 12.6. The molecule has 1 amide bonds. The van der Waals surface area contributed by atoms with Gasteiger partial charge < -0.3 is 15.2 Å². The molecule has 1 atom stereocenters. The fourth-order valence-electron chi connectivity index (χ4n) is 1.84. The van der Waals surface area contributed by atoms with Crippen LogP contribution in [-0.2, 0) is 21.0 Å². The number of methoxy groups -OCH3 is 1. The summed E-state index contributed by atoms with van der Waals surface area (Å²) < 4.78 is 4.72. The summed E-state index contributed by atoms with van der Waals surface area (Å²) in [6.07, 6.45) is 0.763. The van der Waals surface area contributed by atoms with Crippen LogP contribution in [0.4, 0.5) is 4.79 Å². The molecule has 0 spiro atoms. The number of rotatable bonds is 10. The number of hydroxylamine groups is 1. The molecular formula is C15H22N2O5. The monoisotopic (exact) mass is 310 g/mol. The maximum absolute atomic E-state index is 11.7. The van der Waals surface area contributed by atoms with E-state index in [9.17, 15) is 9.59 Å². The molecule has 0 saturated heterocycles. The largest absolute Gasteiger partial charge is 0.468 e. The smallest absolute Gasteiger partial charge is 0.404 e. The molecule has 0 saturated carbocycles. The van der Waals surface area contributed by atoms with Crippen molar-refractivity contribution in [2.75, 3.05) is 13.7 Å². The molecule has 0 heterocycles. The van der Waals surface area contributed by atoms with E-state index >= 15 is 0 Å². The Bertz CT molecular complexity index is 453. The van der Waals surface area contributed by atoms with Crippen LogP contribution in [0.1, 0.15) is 24.8 Å². The van der Waals surface area contributed by atoms with Crippen LogP contribution in [0.3, 0.4) is 0 Å². The first-order valence-corrected chi connectivity index (χ1v) is 7.09. The van der Waals surface area contributed by atoms with Crippen LogP contribution in [0.2, 0.25) is 0 Å². The lowest BCUT2D eigenvalue weighted by molar-refractivity contribution is -0.148. The summed E-state index contributed by atoms with van der Waals surface area (Å²) in [7, 11) is 1.32. The van der Waals surface area contributed by atoms with Crippen LogP contribution in [0, 0.1) is 0 Å². The molecule has 0 unspecified atom stereocenters. The minimum Gasteiger partial charge on any atom is -0.468 e. The molecule has 0 bridgehead atoms. The molecule has 0 radical (unpaired) electrons. The van der Waals surface area contributed by atoms with Gasteiger partial charge >= 0.3 is 12.1 Å². The molecule has 3 N–H and O–H groups in total. The first-order chi connectivity index (χ1) is 10.6. The van der Waals surface area contributed by atoms with Crippen molar-refractivity contribution < 1.29 is 24.3 Å². The number of nitrogens with one attached hydrogen (secondary N) is 2. The van der Waals surface area contributed by atoms with Crippen molar-refractivity contribution in [1.82, 2.24) is 10.8 Å². The Balaban J connectivity index is 2.28. The molecule has 0 aliphatic carbocycles. The summed E-state index contributed by atoms with van der Waals surface area (Å²) >= 11 is 0. The fourth-order valence-corrected chi connectivity index (χ4v) is 1.84. The molecule has 0 fully saturated rings. The summed E-state index contributed by atoms with van der Waals surface area (Å²) in [6, 6.07) is 9.01. The van der Waals surface area contributed by atoms with Crippen LogP contribution in [0.15, 0.2) is 30.3 Å². The van der Waals surface area contributed by atoms with Gasteiger partial charge in [0.15, 0.2) is 0 Å². The molecule has 7 nitrogen and oxygen atoms in total. The van der Waals surface area contributed by atoms with Crippen LogP contribution in [-0.4, -0.2) is 36.9 Å². The molecule has 1 aromatic carbocycles. The highest BCUT2D eigenvalue weighted by atomic mass is 16.6. The average Bonchev–Trinajstić information content (AvgIpc) is 2.53. The van der Waals surface area contributed by atoms with Gasteiger partial charge in [-0.05, 0) is 24.8 Å². The zero-order chi connectivity index (χ0) is 16.2. The summed E-state index contributed by atoms with van der Waals surface area (Å²) in [5.41, 5.74) is 3.70. The van der Waals surface area contributed by atoms with Gasteiger partial charge in [0, 0.05) is 6.54 Å². The maximum Gasteiger partial charge on any atom is 0.404 e. The van der Waals surface area contributed by atoms with E-state index in [-0.39, 0.29) is 0 Å². The number of carboxylic acid groups (broad SMARTS) is 1. The Morgan fingerprint density at radius 2 is 1.95 bits per heavy atom. The highest BCUT2D eigenvalue weighted by Crippen LogP contribution is 2.05. The molecule has 122 valence electrons. The Labute approximate surface area is 129 Å². The normalized spacial score (nSPS) is 11.7. The molecule has 1 rings (SSSR count). The second kappa shape index (κ2) is 10.6. The van der Waals surface area contributed by atoms with Crippen molar-refractivity contribution >= 4 is 12.1 Å². The van der Waals surface area contributed by atoms with Crippen LogP contribution >= 0.6 is 0 Å². The van der Waals surface area contributed by atoms with Gasteiger partial charge in [0.2, 0.25) is 0 Å². The summed E-state index contributed by atoms with van der Waals surface area (Å²) in [5.74, 6) is -0.403. The first kappa shape index (κ1) is 17.9. The van der Waals surface area contributed by atoms with Crippen molar-refractivity contribution in [3.8, 4) is 0 Å². The highest BCUT2D eigenvalue weighted by Gasteiger charge is 2.18. The van der Waals surface area contributed by atoms with E-state index in [1.807, 2.05) is 30.3 Å². The molecule has 7 heteroatoms. The summed E-state index contributed by atoms with van der Waals surface area (Å²) in [5, 5.41) is 10.7. The number of amides is 1. The Morgan fingerprint density at radius 3 is 2.59 bits per heavy atom. The maximum atomic E-state index is 11.7. The number of carbonyl (C=O) groups is 2. The van der Waals surface area contributed by atoms with Crippen LogP contribution in [0.5, 0.6) is 0 Å². The minimum atomic E-state index is -1.05. The van der Waals surface area contributed by atoms with E-state index in [0.717, 1.165) is 5.56 Å².